The van der Waals surface area contributed by atoms with Gasteiger partial charge in [0.05, 0.1) is 18.3 Å². The van der Waals surface area contributed by atoms with Gasteiger partial charge in [0.1, 0.15) is 0 Å². The Balaban J connectivity index is 2.28. The molecule has 4 unspecified atom stereocenters. The number of aliphatic hydroxyl groups is 3. The molecule has 0 saturated heterocycles. The van der Waals surface area contributed by atoms with Crippen molar-refractivity contribution in [1.82, 2.24) is 0 Å². The van der Waals surface area contributed by atoms with E-state index in [0.717, 1.165) is 57.8 Å². The van der Waals surface area contributed by atoms with E-state index < -0.39 is 18.2 Å². The van der Waals surface area contributed by atoms with Crippen molar-refractivity contribution < 1.29 is 25.2 Å². The number of aliphatic hydroxyl groups excluding tert-OH is 3. The molecular formula is C20H38O5. The zero-order valence-corrected chi connectivity index (χ0v) is 15.8. The Kier molecular flexibility index (Phi) is 11.3. The molecule has 0 heterocycles. The number of hydrogen-bond donors (Lipinski definition) is 4. The Bertz CT molecular complexity index is 360. The van der Waals surface area contributed by atoms with Crippen LogP contribution in [-0.2, 0) is 4.79 Å². The number of aliphatic carboxylic acids is 1. The maximum atomic E-state index is 10.5. The van der Waals surface area contributed by atoms with Gasteiger partial charge in [0, 0.05) is 6.42 Å². The molecular weight excluding hydrogens is 320 g/mol. The summed E-state index contributed by atoms with van der Waals surface area (Å²) >= 11 is 0. The largest absolute Gasteiger partial charge is 0.481 e. The second-order valence-corrected chi connectivity index (χ2v) is 7.77. The standard InChI is InChI=1S/C20H38O5/c1-2-3-6-9-15(21)12-13-17-16(18(22)14-19(17)23)10-7-4-5-8-11-20(24)25/h15-19,21-23H,2-14H2,1H3,(H,24,25)/t15?,16?,17-,18?,19?/m1/s1. The van der Waals surface area contributed by atoms with Crippen LogP contribution in [0.5, 0.6) is 0 Å². The molecule has 0 aliphatic heterocycles. The minimum atomic E-state index is -0.744. The average Bonchev–Trinajstić information content (AvgIpc) is 2.82. The van der Waals surface area contributed by atoms with Gasteiger partial charge in [-0.15, -0.1) is 0 Å². The Labute approximate surface area is 152 Å². The van der Waals surface area contributed by atoms with Crippen LogP contribution < -0.4 is 0 Å². The summed E-state index contributed by atoms with van der Waals surface area (Å²) < 4.78 is 0. The summed E-state index contributed by atoms with van der Waals surface area (Å²) in [5.74, 6) is -0.556. The second kappa shape index (κ2) is 12.7. The van der Waals surface area contributed by atoms with Crippen molar-refractivity contribution in [2.45, 2.75) is 109 Å². The molecule has 1 fully saturated rings. The Morgan fingerprint density at radius 3 is 2.20 bits per heavy atom. The zero-order valence-electron chi connectivity index (χ0n) is 15.8. The van der Waals surface area contributed by atoms with Crippen LogP contribution in [0.3, 0.4) is 0 Å². The summed E-state index contributed by atoms with van der Waals surface area (Å²) in [5, 5.41) is 39.2. The molecule has 1 saturated carbocycles. The van der Waals surface area contributed by atoms with E-state index in [1.807, 2.05) is 0 Å². The van der Waals surface area contributed by atoms with Crippen molar-refractivity contribution in [2.24, 2.45) is 11.8 Å². The third-order valence-corrected chi connectivity index (χ3v) is 5.67. The minimum Gasteiger partial charge on any atom is -0.481 e. The normalized spacial score (nSPS) is 27.5. The number of carboxylic acids is 1. The second-order valence-electron chi connectivity index (χ2n) is 7.77. The fourth-order valence-corrected chi connectivity index (χ4v) is 4.15. The van der Waals surface area contributed by atoms with E-state index >= 15 is 0 Å². The van der Waals surface area contributed by atoms with Crippen molar-refractivity contribution >= 4 is 5.97 Å². The summed E-state index contributed by atoms with van der Waals surface area (Å²) in [7, 11) is 0. The van der Waals surface area contributed by atoms with Gasteiger partial charge in [0.2, 0.25) is 0 Å². The molecule has 0 amide bonds. The summed E-state index contributed by atoms with van der Waals surface area (Å²) in [5.41, 5.74) is 0. The van der Waals surface area contributed by atoms with E-state index in [2.05, 4.69) is 6.92 Å². The van der Waals surface area contributed by atoms with Crippen LogP contribution >= 0.6 is 0 Å². The molecule has 1 rings (SSSR count). The molecule has 5 atom stereocenters. The molecule has 0 spiro atoms. The number of carboxylic acid groups (broad SMARTS) is 1. The average molecular weight is 359 g/mol. The van der Waals surface area contributed by atoms with Crippen LogP contribution in [0.25, 0.3) is 0 Å². The van der Waals surface area contributed by atoms with E-state index in [1.54, 1.807) is 0 Å². The van der Waals surface area contributed by atoms with E-state index in [0.29, 0.717) is 19.3 Å². The van der Waals surface area contributed by atoms with E-state index in [-0.39, 0.29) is 24.4 Å². The molecule has 148 valence electrons. The van der Waals surface area contributed by atoms with Gasteiger partial charge in [-0.1, -0.05) is 45.4 Å². The Morgan fingerprint density at radius 2 is 1.56 bits per heavy atom. The maximum Gasteiger partial charge on any atom is 0.303 e. The topological polar surface area (TPSA) is 98.0 Å². The lowest BCUT2D eigenvalue weighted by Crippen LogP contribution is -2.24. The third kappa shape index (κ3) is 9.02. The Morgan fingerprint density at radius 1 is 0.920 bits per heavy atom. The predicted molar refractivity (Wildman–Crippen MR) is 98.3 cm³/mol. The van der Waals surface area contributed by atoms with Crippen molar-refractivity contribution in [2.75, 3.05) is 0 Å². The molecule has 1 aliphatic rings. The van der Waals surface area contributed by atoms with Gasteiger partial charge < -0.3 is 20.4 Å². The molecule has 0 aromatic heterocycles. The molecule has 0 aromatic rings. The van der Waals surface area contributed by atoms with E-state index in [1.165, 1.54) is 0 Å². The molecule has 5 nitrogen and oxygen atoms in total. The highest BCUT2D eigenvalue weighted by Crippen LogP contribution is 2.39. The summed E-state index contributed by atoms with van der Waals surface area (Å²) in [6, 6.07) is 0. The highest BCUT2D eigenvalue weighted by molar-refractivity contribution is 5.66. The van der Waals surface area contributed by atoms with E-state index in [9.17, 15) is 20.1 Å². The molecule has 0 radical (unpaired) electrons. The van der Waals surface area contributed by atoms with Crippen molar-refractivity contribution in [3.63, 3.8) is 0 Å². The lowest BCUT2D eigenvalue weighted by Gasteiger charge is -2.24. The molecule has 1 aliphatic carbocycles. The first kappa shape index (κ1) is 22.4. The monoisotopic (exact) mass is 358 g/mol. The lowest BCUT2D eigenvalue weighted by molar-refractivity contribution is -0.137. The van der Waals surface area contributed by atoms with Gasteiger partial charge in [-0.05, 0) is 50.4 Å². The molecule has 0 aromatic carbocycles. The van der Waals surface area contributed by atoms with Crippen LogP contribution in [0, 0.1) is 11.8 Å². The molecule has 4 N–H and O–H groups in total. The number of rotatable bonds is 14. The lowest BCUT2D eigenvalue weighted by atomic mass is 9.84. The quantitative estimate of drug-likeness (QED) is 0.356. The first-order valence-corrected chi connectivity index (χ1v) is 10.2. The number of unbranched alkanes of at least 4 members (excludes halogenated alkanes) is 5. The molecule has 5 heteroatoms. The van der Waals surface area contributed by atoms with Crippen LogP contribution in [0.2, 0.25) is 0 Å². The highest BCUT2D eigenvalue weighted by atomic mass is 16.4. The zero-order chi connectivity index (χ0) is 18.7. The van der Waals surface area contributed by atoms with Crippen LogP contribution in [0.15, 0.2) is 0 Å². The number of carbonyl (C=O) groups is 1. The summed E-state index contributed by atoms with van der Waals surface area (Å²) in [6.07, 6.45) is 9.52. The van der Waals surface area contributed by atoms with Crippen molar-refractivity contribution in [1.29, 1.82) is 0 Å². The van der Waals surface area contributed by atoms with Crippen LogP contribution in [-0.4, -0.2) is 44.7 Å². The van der Waals surface area contributed by atoms with Gasteiger partial charge in [-0.3, -0.25) is 4.79 Å². The van der Waals surface area contributed by atoms with E-state index in [4.69, 9.17) is 5.11 Å². The molecule has 0 bridgehead atoms. The number of hydrogen-bond acceptors (Lipinski definition) is 4. The SMILES string of the molecule is CCCCCC(O)CC[C@H]1C(O)CC(O)C1CCCCCCC(=O)O. The summed E-state index contributed by atoms with van der Waals surface area (Å²) in [4.78, 5) is 10.5. The summed E-state index contributed by atoms with van der Waals surface area (Å²) in [6.45, 7) is 2.15. The maximum absolute atomic E-state index is 10.5. The first-order chi connectivity index (χ1) is 12.0. The molecule has 25 heavy (non-hydrogen) atoms. The smallest absolute Gasteiger partial charge is 0.303 e. The van der Waals surface area contributed by atoms with Gasteiger partial charge in [0.15, 0.2) is 0 Å². The predicted octanol–water partition coefficient (Wildman–Crippen LogP) is 3.49. The highest BCUT2D eigenvalue weighted by Gasteiger charge is 2.40. The van der Waals surface area contributed by atoms with Crippen molar-refractivity contribution in [3.8, 4) is 0 Å². The van der Waals surface area contributed by atoms with Gasteiger partial charge >= 0.3 is 5.97 Å². The fourth-order valence-electron chi connectivity index (χ4n) is 4.15. The first-order valence-electron chi connectivity index (χ1n) is 10.2. The van der Waals surface area contributed by atoms with Gasteiger partial charge in [-0.2, -0.15) is 0 Å². The van der Waals surface area contributed by atoms with Gasteiger partial charge in [-0.25, -0.2) is 0 Å². The minimum absolute atomic E-state index is 0.0786. The third-order valence-electron chi connectivity index (χ3n) is 5.67. The Hall–Kier alpha value is -0.650. The van der Waals surface area contributed by atoms with Crippen LogP contribution in [0.4, 0.5) is 0 Å². The fraction of sp³-hybridized carbons (Fsp3) is 0.950. The van der Waals surface area contributed by atoms with Gasteiger partial charge in [0.25, 0.3) is 0 Å². The van der Waals surface area contributed by atoms with Crippen molar-refractivity contribution in [3.05, 3.63) is 0 Å². The van der Waals surface area contributed by atoms with Crippen LogP contribution in [0.1, 0.15) is 90.4 Å².